The van der Waals surface area contributed by atoms with Crippen LogP contribution in [0, 0.1) is 0 Å². The Morgan fingerprint density at radius 2 is 1.20 bits per heavy atom. The molecule has 25 heavy (non-hydrogen) atoms. The summed E-state index contributed by atoms with van der Waals surface area (Å²) in [6.45, 7) is 0. The Labute approximate surface area is 153 Å². The second-order valence-corrected chi connectivity index (χ2v) is 6.91. The fourth-order valence-electron chi connectivity index (χ4n) is 3.25. The summed E-state index contributed by atoms with van der Waals surface area (Å²) in [4.78, 5) is 9.58. The Balaban J connectivity index is 1.77. The minimum atomic E-state index is 0.824. The average molecular weight is 385 g/mol. The molecule has 0 atom stereocenters. The number of hydrogen-bond donors (Lipinski definition) is 0. The predicted molar refractivity (Wildman–Crippen MR) is 108 cm³/mol. The third-order valence-electron chi connectivity index (χ3n) is 4.53. The zero-order chi connectivity index (χ0) is 16.8. The van der Waals surface area contributed by atoms with Crippen molar-refractivity contribution in [2.24, 2.45) is 0 Å². The number of nitrogens with zero attached hydrogens (tertiary/aromatic N) is 2. The molecule has 0 spiro atoms. The van der Waals surface area contributed by atoms with E-state index in [2.05, 4.69) is 93.7 Å². The number of hydrogen-bond acceptors (Lipinski definition) is 2. The van der Waals surface area contributed by atoms with Gasteiger partial charge in [0.1, 0.15) is 4.60 Å². The molecule has 0 fully saturated rings. The van der Waals surface area contributed by atoms with E-state index in [9.17, 15) is 0 Å². The first-order chi connectivity index (χ1) is 12.3. The van der Waals surface area contributed by atoms with E-state index >= 15 is 0 Å². The lowest BCUT2D eigenvalue weighted by Gasteiger charge is -2.07. The molecule has 2 aromatic heterocycles. The molecule has 0 aliphatic rings. The quantitative estimate of drug-likeness (QED) is 0.248. The minimum Gasteiger partial charge on any atom is -0.245 e. The summed E-state index contributed by atoms with van der Waals surface area (Å²) >= 11 is 3.47. The van der Waals surface area contributed by atoms with E-state index in [1.165, 1.54) is 10.8 Å². The standard InChI is InChI=1S/C22H13BrN2/c23-20-12-10-16-7-6-15-9-11-19(24-21(15)22(16)25-20)18-8-5-14-3-1-2-4-17(14)13-18/h1-13H. The van der Waals surface area contributed by atoms with Crippen LogP contribution in [0.1, 0.15) is 0 Å². The molecule has 0 saturated carbocycles. The van der Waals surface area contributed by atoms with E-state index in [0.717, 1.165) is 37.7 Å². The van der Waals surface area contributed by atoms with Crippen molar-refractivity contribution in [2.75, 3.05) is 0 Å². The van der Waals surface area contributed by atoms with Crippen molar-refractivity contribution in [3.05, 3.63) is 83.5 Å². The van der Waals surface area contributed by atoms with Gasteiger partial charge in [-0.1, -0.05) is 60.7 Å². The summed E-state index contributed by atoms with van der Waals surface area (Å²) in [6.07, 6.45) is 0. The highest BCUT2D eigenvalue weighted by Gasteiger charge is 2.07. The lowest BCUT2D eigenvalue weighted by Crippen LogP contribution is -1.89. The van der Waals surface area contributed by atoms with Crippen LogP contribution < -0.4 is 0 Å². The monoisotopic (exact) mass is 384 g/mol. The number of aromatic nitrogens is 2. The molecule has 0 aliphatic heterocycles. The summed E-state index contributed by atoms with van der Waals surface area (Å²) in [5.41, 5.74) is 3.94. The first-order valence-corrected chi connectivity index (χ1v) is 8.92. The van der Waals surface area contributed by atoms with Crippen LogP contribution in [0.15, 0.2) is 83.5 Å². The third-order valence-corrected chi connectivity index (χ3v) is 4.97. The van der Waals surface area contributed by atoms with Crippen molar-refractivity contribution in [2.45, 2.75) is 0 Å². The van der Waals surface area contributed by atoms with Crippen molar-refractivity contribution in [3.63, 3.8) is 0 Å². The first-order valence-electron chi connectivity index (χ1n) is 8.13. The van der Waals surface area contributed by atoms with Crippen LogP contribution in [0.3, 0.4) is 0 Å². The van der Waals surface area contributed by atoms with Gasteiger partial charge < -0.3 is 0 Å². The van der Waals surface area contributed by atoms with E-state index in [1.807, 2.05) is 6.07 Å². The molecule has 0 aliphatic carbocycles. The molecular formula is C22H13BrN2. The van der Waals surface area contributed by atoms with Crippen molar-refractivity contribution in [1.82, 2.24) is 9.97 Å². The molecule has 3 heteroatoms. The Hall–Kier alpha value is -2.78. The van der Waals surface area contributed by atoms with Crippen LogP contribution in [0.5, 0.6) is 0 Å². The second kappa shape index (κ2) is 5.64. The van der Waals surface area contributed by atoms with E-state index in [0.29, 0.717) is 0 Å². The molecule has 5 aromatic rings. The topological polar surface area (TPSA) is 25.8 Å². The molecule has 0 unspecified atom stereocenters. The van der Waals surface area contributed by atoms with Crippen molar-refractivity contribution < 1.29 is 0 Å². The Morgan fingerprint density at radius 3 is 2.04 bits per heavy atom. The Morgan fingerprint density at radius 1 is 0.560 bits per heavy atom. The van der Waals surface area contributed by atoms with Crippen LogP contribution >= 0.6 is 15.9 Å². The van der Waals surface area contributed by atoms with Crippen LogP contribution in [0.4, 0.5) is 0 Å². The summed E-state index contributed by atoms with van der Waals surface area (Å²) in [5.74, 6) is 0. The molecule has 118 valence electrons. The minimum absolute atomic E-state index is 0.824. The summed E-state index contributed by atoms with van der Waals surface area (Å²) in [7, 11) is 0. The summed E-state index contributed by atoms with van der Waals surface area (Å²) < 4.78 is 0.824. The van der Waals surface area contributed by atoms with Gasteiger partial charge in [0.05, 0.1) is 16.7 Å². The van der Waals surface area contributed by atoms with Gasteiger partial charge in [0.2, 0.25) is 0 Å². The van der Waals surface area contributed by atoms with Crippen LogP contribution in [-0.2, 0) is 0 Å². The van der Waals surface area contributed by atoms with Crippen LogP contribution in [0.2, 0.25) is 0 Å². The van der Waals surface area contributed by atoms with Crippen LogP contribution in [-0.4, -0.2) is 9.97 Å². The maximum absolute atomic E-state index is 4.94. The number of benzene rings is 3. The Kier molecular flexibility index (Phi) is 3.28. The molecule has 5 rings (SSSR count). The summed E-state index contributed by atoms with van der Waals surface area (Å²) in [5, 5.41) is 4.66. The lowest BCUT2D eigenvalue weighted by atomic mass is 10.0. The fraction of sp³-hybridized carbons (Fsp3) is 0. The number of halogens is 1. The zero-order valence-corrected chi connectivity index (χ0v) is 14.9. The van der Waals surface area contributed by atoms with Gasteiger partial charge in [-0.3, -0.25) is 0 Å². The molecular weight excluding hydrogens is 372 g/mol. The Bertz CT molecular complexity index is 1260. The van der Waals surface area contributed by atoms with Gasteiger partial charge in [0, 0.05) is 16.3 Å². The lowest BCUT2D eigenvalue weighted by molar-refractivity contribution is 1.34. The van der Waals surface area contributed by atoms with Gasteiger partial charge in [0.15, 0.2) is 0 Å². The van der Waals surface area contributed by atoms with Gasteiger partial charge in [0.25, 0.3) is 0 Å². The maximum Gasteiger partial charge on any atom is 0.106 e. The van der Waals surface area contributed by atoms with Gasteiger partial charge in [-0.15, -0.1) is 0 Å². The predicted octanol–water partition coefficient (Wildman–Crippen LogP) is 6.37. The zero-order valence-electron chi connectivity index (χ0n) is 13.3. The molecule has 0 amide bonds. The number of rotatable bonds is 1. The smallest absolute Gasteiger partial charge is 0.106 e. The van der Waals surface area contributed by atoms with Crippen molar-refractivity contribution in [1.29, 1.82) is 0 Å². The molecule has 3 aromatic carbocycles. The molecule has 2 heterocycles. The largest absolute Gasteiger partial charge is 0.245 e. The number of pyridine rings is 2. The van der Waals surface area contributed by atoms with Gasteiger partial charge in [-0.05, 0) is 44.9 Å². The third kappa shape index (κ3) is 2.48. The van der Waals surface area contributed by atoms with Crippen molar-refractivity contribution >= 4 is 48.5 Å². The van der Waals surface area contributed by atoms with Crippen molar-refractivity contribution in [3.8, 4) is 11.3 Å². The highest BCUT2D eigenvalue weighted by Crippen LogP contribution is 2.28. The normalized spacial score (nSPS) is 11.4. The van der Waals surface area contributed by atoms with Gasteiger partial charge in [-0.2, -0.15) is 0 Å². The van der Waals surface area contributed by atoms with E-state index in [-0.39, 0.29) is 0 Å². The molecule has 0 bridgehead atoms. The number of fused-ring (bicyclic) bond motifs is 4. The second-order valence-electron chi connectivity index (χ2n) is 6.10. The maximum atomic E-state index is 4.94. The molecule has 0 saturated heterocycles. The fourth-order valence-corrected chi connectivity index (χ4v) is 3.56. The van der Waals surface area contributed by atoms with Gasteiger partial charge in [-0.25, -0.2) is 9.97 Å². The summed E-state index contributed by atoms with van der Waals surface area (Å²) in [6, 6.07) is 27.3. The highest BCUT2D eigenvalue weighted by atomic mass is 79.9. The van der Waals surface area contributed by atoms with E-state index in [4.69, 9.17) is 4.98 Å². The highest BCUT2D eigenvalue weighted by molar-refractivity contribution is 9.10. The van der Waals surface area contributed by atoms with E-state index < -0.39 is 0 Å². The molecule has 0 N–H and O–H groups in total. The SMILES string of the molecule is Brc1ccc2ccc3ccc(-c4ccc5ccccc5c4)nc3c2n1. The van der Waals surface area contributed by atoms with Gasteiger partial charge >= 0.3 is 0 Å². The molecule has 0 radical (unpaired) electrons. The van der Waals surface area contributed by atoms with E-state index in [1.54, 1.807) is 0 Å². The average Bonchev–Trinajstić information content (AvgIpc) is 2.67. The first kappa shape index (κ1) is 14.6. The van der Waals surface area contributed by atoms with Crippen LogP contribution in [0.25, 0.3) is 43.8 Å². The molecule has 2 nitrogen and oxygen atoms in total.